The molecule has 3 aromatic rings. The number of hydrogen-bond acceptors (Lipinski definition) is 4. The number of hydrogen-bond donors (Lipinski definition) is 0. The molecule has 0 aliphatic carbocycles. The Labute approximate surface area is 158 Å². The molecule has 0 unspecified atom stereocenters. The van der Waals surface area contributed by atoms with Gasteiger partial charge in [-0.3, -0.25) is 4.79 Å². The van der Waals surface area contributed by atoms with E-state index in [1.807, 2.05) is 11.0 Å². The minimum absolute atomic E-state index is 0.00246. The van der Waals surface area contributed by atoms with Gasteiger partial charge in [-0.2, -0.15) is 0 Å². The van der Waals surface area contributed by atoms with Crippen LogP contribution < -0.4 is 4.74 Å². The second-order valence-electron chi connectivity index (χ2n) is 7.05. The Kier molecular flexibility index (Phi) is 4.79. The van der Waals surface area contributed by atoms with Crippen molar-refractivity contribution in [3.05, 3.63) is 54.0 Å². The largest absolute Gasteiger partial charge is 0.480 e. The number of carbonyl (C=O) groups is 1. The van der Waals surface area contributed by atoms with Crippen LogP contribution in [0, 0.1) is 12.8 Å². The summed E-state index contributed by atoms with van der Waals surface area (Å²) in [5.41, 5.74) is 2.77. The third-order valence-corrected chi connectivity index (χ3v) is 5.38. The van der Waals surface area contributed by atoms with E-state index < -0.39 is 0 Å². The molecule has 0 saturated carbocycles. The summed E-state index contributed by atoms with van der Waals surface area (Å²) < 4.78 is 7.54. The van der Waals surface area contributed by atoms with Crippen LogP contribution in [-0.2, 0) is 6.54 Å². The SMILES string of the molecule is COc1ncccc1C(=O)N1CCC(Cn2c(C)nc3ccccc32)CC1. The van der Waals surface area contributed by atoms with Crippen LogP contribution in [-0.4, -0.2) is 45.5 Å². The monoisotopic (exact) mass is 364 g/mol. The molecule has 6 heteroatoms. The highest BCUT2D eigenvalue weighted by molar-refractivity contribution is 5.96. The second kappa shape index (κ2) is 7.39. The highest BCUT2D eigenvalue weighted by Gasteiger charge is 2.26. The number of methoxy groups -OCH3 is 1. The Balaban J connectivity index is 1.43. The first-order valence-corrected chi connectivity index (χ1v) is 9.37. The molecule has 1 fully saturated rings. The van der Waals surface area contributed by atoms with E-state index in [9.17, 15) is 4.79 Å². The number of nitrogens with zero attached hydrogens (tertiary/aromatic N) is 4. The van der Waals surface area contributed by atoms with E-state index in [4.69, 9.17) is 4.74 Å². The number of carbonyl (C=O) groups excluding carboxylic acids is 1. The van der Waals surface area contributed by atoms with Crippen molar-refractivity contribution in [1.29, 1.82) is 0 Å². The predicted octanol–water partition coefficient (Wildman–Crippen LogP) is 3.30. The number of fused-ring (bicyclic) bond motifs is 1. The van der Waals surface area contributed by atoms with Crippen LogP contribution in [0.4, 0.5) is 0 Å². The number of pyridine rings is 1. The molecule has 1 aliphatic heterocycles. The molecule has 2 aromatic heterocycles. The standard InChI is InChI=1S/C21H24N4O2/c1-15-23-18-7-3-4-8-19(18)25(15)14-16-9-12-24(13-10-16)21(26)17-6-5-11-22-20(17)27-2/h3-8,11,16H,9-10,12-14H2,1-2H3. The molecule has 27 heavy (non-hydrogen) atoms. The quantitative estimate of drug-likeness (QED) is 0.713. The predicted molar refractivity (Wildman–Crippen MR) is 104 cm³/mol. The van der Waals surface area contributed by atoms with Crippen molar-refractivity contribution < 1.29 is 9.53 Å². The summed E-state index contributed by atoms with van der Waals surface area (Å²) in [7, 11) is 1.54. The van der Waals surface area contributed by atoms with Crippen molar-refractivity contribution in [3.8, 4) is 5.88 Å². The van der Waals surface area contributed by atoms with Gasteiger partial charge in [0, 0.05) is 25.8 Å². The maximum atomic E-state index is 12.8. The van der Waals surface area contributed by atoms with Crippen molar-refractivity contribution in [2.24, 2.45) is 5.92 Å². The third-order valence-electron chi connectivity index (χ3n) is 5.38. The summed E-state index contributed by atoms with van der Waals surface area (Å²) >= 11 is 0. The normalized spacial score (nSPS) is 15.3. The summed E-state index contributed by atoms with van der Waals surface area (Å²) in [6.45, 7) is 4.53. The molecule has 1 amide bonds. The Hall–Kier alpha value is -2.89. The summed E-state index contributed by atoms with van der Waals surface area (Å²) in [6.07, 6.45) is 3.61. The second-order valence-corrected chi connectivity index (χ2v) is 7.05. The number of amides is 1. The van der Waals surface area contributed by atoms with Gasteiger partial charge in [0.1, 0.15) is 11.4 Å². The zero-order valence-electron chi connectivity index (χ0n) is 15.8. The van der Waals surface area contributed by atoms with Crippen LogP contribution >= 0.6 is 0 Å². The maximum absolute atomic E-state index is 12.8. The fraction of sp³-hybridized carbons (Fsp3) is 0.381. The van der Waals surface area contributed by atoms with E-state index in [0.29, 0.717) is 17.4 Å². The van der Waals surface area contributed by atoms with Gasteiger partial charge in [0.15, 0.2) is 0 Å². The van der Waals surface area contributed by atoms with Gasteiger partial charge in [0.2, 0.25) is 5.88 Å². The molecule has 140 valence electrons. The number of piperidine rings is 1. The first kappa shape index (κ1) is 17.5. The number of likely N-dealkylation sites (tertiary alicyclic amines) is 1. The van der Waals surface area contributed by atoms with Crippen LogP contribution in [0.2, 0.25) is 0 Å². The van der Waals surface area contributed by atoms with Gasteiger partial charge in [0.05, 0.1) is 18.1 Å². The summed E-state index contributed by atoms with van der Waals surface area (Å²) in [5.74, 6) is 1.99. The van der Waals surface area contributed by atoms with Crippen LogP contribution in [0.25, 0.3) is 11.0 Å². The van der Waals surface area contributed by atoms with Gasteiger partial charge in [0.25, 0.3) is 5.91 Å². The van der Waals surface area contributed by atoms with Crippen LogP contribution in [0.1, 0.15) is 29.0 Å². The highest BCUT2D eigenvalue weighted by Crippen LogP contribution is 2.25. The lowest BCUT2D eigenvalue weighted by Crippen LogP contribution is -2.39. The molecule has 1 aliphatic rings. The molecule has 4 rings (SSSR count). The van der Waals surface area contributed by atoms with Crippen molar-refractivity contribution >= 4 is 16.9 Å². The first-order chi connectivity index (χ1) is 13.2. The number of aryl methyl sites for hydroxylation is 1. The lowest BCUT2D eigenvalue weighted by atomic mass is 9.96. The number of rotatable bonds is 4. The number of benzene rings is 1. The van der Waals surface area contributed by atoms with E-state index >= 15 is 0 Å². The Morgan fingerprint density at radius 1 is 1.19 bits per heavy atom. The Bertz CT molecular complexity index is 958. The van der Waals surface area contributed by atoms with E-state index in [-0.39, 0.29) is 5.91 Å². The maximum Gasteiger partial charge on any atom is 0.259 e. The van der Waals surface area contributed by atoms with E-state index in [1.165, 1.54) is 5.52 Å². The zero-order chi connectivity index (χ0) is 18.8. The lowest BCUT2D eigenvalue weighted by Gasteiger charge is -2.32. The number of ether oxygens (including phenoxy) is 1. The lowest BCUT2D eigenvalue weighted by molar-refractivity contribution is 0.0679. The van der Waals surface area contributed by atoms with E-state index in [2.05, 4.69) is 39.7 Å². The van der Waals surface area contributed by atoms with Gasteiger partial charge in [-0.1, -0.05) is 12.1 Å². The zero-order valence-corrected chi connectivity index (χ0v) is 15.8. The van der Waals surface area contributed by atoms with Gasteiger partial charge >= 0.3 is 0 Å². The minimum atomic E-state index is 0.00246. The van der Waals surface area contributed by atoms with Gasteiger partial charge < -0.3 is 14.2 Å². The Morgan fingerprint density at radius 2 is 1.96 bits per heavy atom. The molecule has 0 bridgehead atoms. The summed E-state index contributed by atoms with van der Waals surface area (Å²) in [4.78, 5) is 23.5. The molecule has 0 N–H and O–H groups in total. The van der Waals surface area contributed by atoms with Gasteiger partial charge in [-0.15, -0.1) is 0 Å². The number of aromatic nitrogens is 3. The molecule has 1 aromatic carbocycles. The fourth-order valence-corrected chi connectivity index (χ4v) is 3.89. The van der Waals surface area contributed by atoms with Crippen LogP contribution in [0.3, 0.4) is 0 Å². The number of imidazole rings is 1. The third kappa shape index (κ3) is 3.39. The summed E-state index contributed by atoms with van der Waals surface area (Å²) in [6, 6.07) is 11.8. The van der Waals surface area contributed by atoms with Crippen molar-refractivity contribution in [1.82, 2.24) is 19.4 Å². The van der Waals surface area contributed by atoms with E-state index in [1.54, 1.807) is 25.4 Å². The molecule has 6 nitrogen and oxygen atoms in total. The first-order valence-electron chi connectivity index (χ1n) is 9.37. The average molecular weight is 364 g/mol. The molecule has 1 saturated heterocycles. The molecule has 0 radical (unpaired) electrons. The Morgan fingerprint density at radius 3 is 2.74 bits per heavy atom. The highest BCUT2D eigenvalue weighted by atomic mass is 16.5. The average Bonchev–Trinajstić information content (AvgIpc) is 3.03. The minimum Gasteiger partial charge on any atom is -0.480 e. The van der Waals surface area contributed by atoms with Gasteiger partial charge in [-0.05, 0) is 49.9 Å². The topological polar surface area (TPSA) is 60.2 Å². The smallest absolute Gasteiger partial charge is 0.259 e. The number of para-hydroxylation sites is 2. The van der Waals surface area contributed by atoms with Crippen molar-refractivity contribution in [2.75, 3.05) is 20.2 Å². The van der Waals surface area contributed by atoms with Crippen molar-refractivity contribution in [3.63, 3.8) is 0 Å². The van der Waals surface area contributed by atoms with Crippen LogP contribution in [0.15, 0.2) is 42.6 Å². The van der Waals surface area contributed by atoms with Gasteiger partial charge in [-0.25, -0.2) is 9.97 Å². The van der Waals surface area contributed by atoms with Crippen molar-refractivity contribution in [2.45, 2.75) is 26.3 Å². The summed E-state index contributed by atoms with van der Waals surface area (Å²) in [5, 5.41) is 0. The molecule has 0 atom stereocenters. The van der Waals surface area contributed by atoms with Crippen LogP contribution in [0.5, 0.6) is 5.88 Å². The molecular formula is C21H24N4O2. The molecule has 3 heterocycles. The molecular weight excluding hydrogens is 340 g/mol. The molecule has 0 spiro atoms. The fourth-order valence-electron chi connectivity index (χ4n) is 3.89. The van der Waals surface area contributed by atoms with E-state index in [0.717, 1.165) is 43.8 Å².